The Hall–Kier alpha value is -2.66. The molecule has 0 unspecified atom stereocenters. The van der Waals surface area contributed by atoms with Crippen molar-refractivity contribution in [1.82, 2.24) is 0 Å². The molecule has 0 aliphatic rings. The summed E-state index contributed by atoms with van der Waals surface area (Å²) in [7, 11) is 0. The third-order valence-corrected chi connectivity index (χ3v) is 4.07. The van der Waals surface area contributed by atoms with Crippen molar-refractivity contribution in [1.29, 1.82) is 0 Å². The molecule has 0 spiro atoms. The van der Waals surface area contributed by atoms with E-state index in [0.29, 0.717) is 36.3 Å². The molecular weight excluding hydrogens is 326 g/mol. The van der Waals surface area contributed by atoms with Crippen molar-refractivity contribution < 1.29 is 9.59 Å². The maximum absolute atomic E-state index is 12.5. The first kappa shape index (κ1) is 19.7. The number of benzene rings is 2. The highest BCUT2D eigenvalue weighted by atomic mass is 16.2. The zero-order chi connectivity index (χ0) is 19.2. The van der Waals surface area contributed by atoms with E-state index in [1.165, 1.54) is 5.56 Å². The predicted molar refractivity (Wildman–Crippen MR) is 106 cm³/mol. The van der Waals surface area contributed by atoms with Crippen LogP contribution in [0.4, 0.5) is 11.4 Å². The zero-order valence-electron chi connectivity index (χ0n) is 15.6. The number of rotatable bonds is 6. The molecule has 2 aromatic carbocycles. The van der Waals surface area contributed by atoms with Crippen molar-refractivity contribution in [2.24, 2.45) is 5.73 Å². The normalized spacial score (nSPS) is 11.1. The van der Waals surface area contributed by atoms with Crippen molar-refractivity contribution in [3.05, 3.63) is 59.7 Å². The van der Waals surface area contributed by atoms with Crippen molar-refractivity contribution in [2.75, 3.05) is 17.2 Å². The lowest BCUT2D eigenvalue weighted by Gasteiger charge is -2.19. The second-order valence-corrected chi connectivity index (χ2v) is 7.27. The lowest BCUT2D eigenvalue weighted by Crippen LogP contribution is -2.17. The Kier molecular flexibility index (Phi) is 6.52. The van der Waals surface area contributed by atoms with Crippen LogP contribution >= 0.6 is 0 Å². The molecule has 2 amide bonds. The fourth-order valence-corrected chi connectivity index (χ4v) is 2.49. The Morgan fingerprint density at radius 1 is 0.923 bits per heavy atom. The van der Waals surface area contributed by atoms with E-state index in [2.05, 4.69) is 31.4 Å². The molecule has 4 N–H and O–H groups in total. The molecule has 0 saturated heterocycles. The summed E-state index contributed by atoms with van der Waals surface area (Å²) < 4.78 is 0. The Bertz CT molecular complexity index is 762. The van der Waals surface area contributed by atoms with Crippen molar-refractivity contribution in [3.63, 3.8) is 0 Å². The Labute approximate surface area is 155 Å². The minimum absolute atomic E-state index is 0.0371. The van der Waals surface area contributed by atoms with E-state index in [0.717, 1.165) is 0 Å². The van der Waals surface area contributed by atoms with Gasteiger partial charge in [0, 0.05) is 12.0 Å². The fourth-order valence-electron chi connectivity index (χ4n) is 2.49. The van der Waals surface area contributed by atoms with Crippen molar-refractivity contribution in [2.45, 2.75) is 39.0 Å². The van der Waals surface area contributed by atoms with Crippen LogP contribution in [0, 0.1) is 0 Å². The number of anilines is 2. The highest BCUT2D eigenvalue weighted by molar-refractivity contribution is 6.07. The van der Waals surface area contributed by atoms with Crippen LogP contribution in [0.2, 0.25) is 0 Å². The molecule has 0 aromatic heterocycles. The molecule has 5 heteroatoms. The first-order valence-corrected chi connectivity index (χ1v) is 8.82. The van der Waals surface area contributed by atoms with Gasteiger partial charge in [-0.2, -0.15) is 0 Å². The number of para-hydroxylation sites is 2. The number of nitrogens with one attached hydrogen (secondary N) is 2. The molecule has 0 aliphatic heterocycles. The monoisotopic (exact) mass is 353 g/mol. The summed E-state index contributed by atoms with van der Waals surface area (Å²) in [6, 6.07) is 14.7. The number of carbonyl (C=O) groups is 2. The van der Waals surface area contributed by atoms with Gasteiger partial charge in [0.15, 0.2) is 0 Å². The van der Waals surface area contributed by atoms with Gasteiger partial charge in [-0.25, -0.2) is 0 Å². The van der Waals surface area contributed by atoms with Crippen LogP contribution in [0.3, 0.4) is 0 Å². The van der Waals surface area contributed by atoms with Crippen LogP contribution in [-0.4, -0.2) is 18.4 Å². The predicted octanol–water partition coefficient (Wildman–Crippen LogP) is 3.91. The van der Waals surface area contributed by atoms with Crippen molar-refractivity contribution >= 4 is 23.2 Å². The van der Waals surface area contributed by atoms with E-state index in [1.54, 1.807) is 12.1 Å². The molecule has 0 bridgehead atoms. The summed E-state index contributed by atoms with van der Waals surface area (Å²) in [6.07, 6.45) is 0.980. The van der Waals surface area contributed by atoms with Crippen LogP contribution in [0.5, 0.6) is 0 Å². The SMILES string of the molecule is CC(C)(C)c1ccc(C(=O)Nc2ccccc2NC(=O)CCCN)cc1. The quantitative estimate of drug-likeness (QED) is 0.736. The van der Waals surface area contributed by atoms with Gasteiger partial charge in [0.1, 0.15) is 0 Å². The number of amides is 2. The minimum atomic E-state index is -0.214. The average molecular weight is 353 g/mol. The van der Waals surface area contributed by atoms with Gasteiger partial charge in [0.2, 0.25) is 5.91 Å². The molecule has 26 heavy (non-hydrogen) atoms. The van der Waals surface area contributed by atoms with Crippen LogP contribution in [0.25, 0.3) is 0 Å². The van der Waals surface area contributed by atoms with Gasteiger partial charge in [-0.05, 0) is 48.2 Å². The van der Waals surface area contributed by atoms with E-state index in [1.807, 2.05) is 36.4 Å². The van der Waals surface area contributed by atoms with Gasteiger partial charge >= 0.3 is 0 Å². The molecule has 0 fully saturated rings. The second kappa shape index (κ2) is 8.63. The molecule has 0 aliphatic carbocycles. The summed E-state index contributed by atoms with van der Waals surface area (Å²) in [6.45, 7) is 6.86. The number of nitrogens with two attached hydrogens (primary N) is 1. The first-order valence-electron chi connectivity index (χ1n) is 8.82. The van der Waals surface area contributed by atoms with E-state index in [-0.39, 0.29) is 17.2 Å². The maximum Gasteiger partial charge on any atom is 0.255 e. The largest absolute Gasteiger partial charge is 0.330 e. The first-order chi connectivity index (χ1) is 12.3. The number of carbonyl (C=O) groups excluding carboxylic acids is 2. The molecule has 2 aromatic rings. The average Bonchev–Trinajstić information content (AvgIpc) is 2.61. The van der Waals surface area contributed by atoms with Gasteiger partial charge in [-0.3, -0.25) is 9.59 Å². The Morgan fingerprint density at radius 3 is 2.04 bits per heavy atom. The Balaban J connectivity index is 2.10. The van der Waals surface area contributed by atoms with E-state index in [4.69, 9.17) is 5.73 Å². The molecule has 5 nitrogen and oxygen atoms in total. The van der Waals surface area contributed by atoms with E-state index in [9.17, 15) is 9.59 Å². The van der Waals surface area contributed by atoms with E-state index < -0.39 is 0 Å². The molecule has 2 rings (SSSR count). The van der Waals surface area contributed by atoms with Crippen LogP contribution < -0.4 is 16.4 Å². The number of hydrogen-bond donors (Lipinski definition) is 3. The van der Waals surface area contributed by atoms with Crippen LogP contribution in [-0.2, 0) is 10.2 Å². The summed E-state index contributed by atoms with van der Waals surface area (Å²) in [5.74, 6) is -0.333. The fraction of sp³-hybridized carbons (Fsp3) is 0.333. The maximum atomic E-state index is 12.5. The zero-order valence-corrected chi connectivity index (χ0v) is 15.6. The summed E-state index contributed by atoms with van der Waals surface area (Å²) >= 11 is 0. The molecule has 0 heterocycles. The third-order valence-electron chi connectivity index (χ3n) is 4.07. The standard InChI is InChI=1S/C21H27N3O2/c1-21(2,3)16-12-10-15(11-13-16)20(26)24-18-8-5-4-7-17(18)23-19(25)9-6-14-22/h4-5,7-8,10-13H,6,9,14,22H2,1-3H3,(H,23,25)(H,24,26). The van der Waals surface area contributed by atoms with E-state index >= 15 is 0 Å². The summed E-state index contributed by atoms with van der Waals surface area (Å²) in [5, 5.41) is 5.69. The van der Waals surface area contributed by atoms with Gasteiger partial charge in [0.05, 0.1) is 11.4 Å². The minimum Gasteiger partial charge on any atom is -0.330 e. The van der Waals surface area contributed by atoms with Gasteiger partial charge in [-0.1, -0.05) is 45.0 Å². The summed E-state index contributed by atoms with van der Waals surface area (Å²) in [4.78, 5) is 24.5. The lowest BCUT2D eigenvalue weighted by molar-refractivity contribution is -0.116. The highest BCUT2D eigenvalue weighted by Crippen LogP contribution is 2.24. The molecule has 0 saturated carbocycles. The lowest BCUT2D eigenvalue weighted by atomic mass is 9.87. The molecule has 138 valence electrons. The van der Waals surface area contributed by atoms with Crippen LogP contribution in [0.1, 0.15) is 49.5 Å². The molecule has 0 radical (unpaired) electrons. The van der Waals surface area contributed by atoms with Gasteiger partial charge < -0.3 is 16.4 Å². The number of hydrogen-bond acceptors (Lipinski definition) is 3. The van der Waals surface area contributed by atoms with Crippen LogP contribution in [0.15, 0.2) is 48.5 Å². The topological polar surface area (TPSA) is 84.2 Å². The third kappa shape index (κ3) is 5.43. The Morgan fingerprint density at radius 2 is 1.50 bits per heavy atom. The summed E-state index contributed by atoms with van der Waals surface area (Å²) in [5.41, 5.74) is 8.35. The highest BCUT2D eigenvalue weighted by Gasteiger charge is 2.15. The smallest absolute Gasteiger partial charge is 0.255 e. The molecule has 0 atom stereocenters. The van der Waals surface area contributed by atoms with Gasteiger partial charge in [-0.15, -0.1) is 0 Å². The molecular formula is C21H27N3O2. The second-order valence-electron chi connectivity index (χ2n) is 7.27. The van der Waals surface area contributed by atoms with Gasteiger partial charge in [0.25, 0.3) is 5.91 Å². The van der Waals surface area contributed by atoms with Crippen molar-refractivity contribution in [3.8, 4) is 0 Å².